The van der Waals surface area contributed by atoms with Gasteiger partial charge in [0.15, 0.2) is 11.6 Å². The van der Waals surface area contributed by atoms with Gasteiger partial charge in [-0.3, -0.25) is 9.71 Å². The van der Waals surface area contributed by atoms with Crippen molar-refractivity contribution in [1.29, 1.82) is 0 Å². The summed E-state index contributed by atoms with van der Waals surface area (Å²) < 4.78 is 53.7. The molecule has 3 N–H and O–H groups in total. The standard InChI is InChI=1S/C13H13F2N3O2S/c1-8-2-10(7-17-6-8)18-21(19,20)12-4-9(5-16)3-11(14)13(12)15/h2-4,6-7,18H,5,16H2,1H3. The summed E-state index contributed by atoms with van der Waals surface area (Å²) in [4.78, 5) is 3.03. The lowest BCUT2D eigenvalue weighted by molar-refractivity contribution is 0.483. The lowest BCUT2D eigenvalue weighted by atomic mass is 10.2. The molecule has 2 rings (SSSR count). The lowest BCUT2D eigenvalue weighted by Crippen LogP contribution is -2.16. The van der Waals surface area contributed by atoms with E-state index in [1.165, 1.54) is 18.5 Å². The fourth-order valence-corrected chi connectivity index (χ4v) is 2.92. The highest BCUT2D eigenvalue weighted by Gasteiger charge is 2.23. The van der Waals surface area contributed by atoms with Crippen molar-refractivity contribution in [3.05, 3.63) is 53.4 Å². The number of rotatable bonds is 4. The molecule has 0 saturated carbocycles. The Balaban J connectivity index is 2.47. The van der Waals surface area contributed by atoms with Crippen LogP contribution >= 0.6 is 0 Å². The molecule has 1 heterocycles. The highest BCUT2D eigenvalue weighted by molar-refractivity contribution is 7.92. The van der Waals surface area contributed by atoms with Crippen molar-refractivity contribution in [2.75, 3.05) is 4.72 Å². The quantitative estimate of drug-likeness (QED) is 0.903. The number of halogens is 2. The Labute approximate surface area is 120 Å². The number of aromatic nitrogens is 1. The Morgan fingerprint density at radius 2 is 1.95 bits per heavy atom. The second-order valence-corrected chi connectivity index (χ2v) is 6.10. The van der Waals surface area contributed by atoms with E-state index in [-0.39, 0.29) is 17.8 Å². The molecule has 0 amide bonds. The van der Waals surface area contributed by atoms with Crippen LogP contribution in [0, 0.1) is 18.6 Å². The van der Waals surface area contributed by atoms with Crippen molar-refractivity contribution in [2.24, 2.45) is 5.73 Å². The van der Waals surface area contributed by atoms with Crippen LogP contribution in [0.15, 0.2) is 35.5 Å². The first-order valence-corrected chi connectivity index (χ1v) is 7.44. The van der Waals surface area contributed by atoms with Crippen molar-refractivity contribution in [2.45, 2.75) is 18.4 Å². The van der Waals surface area contributed by atoms with E-state index in [1.54, 1.807) is 6.92 Å². The third kappa shape index (κ3) is 3.34. The van der Waals surface area contributed by atoms with Crippen molar-refractivity contribution >= 4 is 15.7 Å². The third-order valence-corrected chi connectivity index (χ3v) is 4.09. The lowest BCUT2D eigenvalue weighted by Gasteiger charge is -2.10. The average molecular weight is 313 g/mol. The van der Waals surface area contributed by atoms with Gasteiger partial charge in [-0.1, -0.05) is 0 Å². The first-order valence-electron chi connectivity index (χ1n) is 5.96. The predicted octanol–water partition coefficient (Wildman–Crippen LogP) is 1.93. The second kappa shape index (κ2) is 5.74. The zero-order chi connectivity index (χ0) is 15.6. The van der Waals surface area contributed by atoms with Gasteiger partial charge in [0.25, 0.3) is 10.0 Å². The van der Waals surface area contributed by atoms with Gasteiger partial charge in [-0.05, 0) is 36.2 Å². The molecule has 0 aliphatic rings. The number of anilines is 1. The first-order chi connectivity index (χ1) is 9.83. The minimum Gasteiger partial charge on any atom is -0.326 e. The summed E-state index contributed by atoms with van der Waals surface area (Å²) >= 11 is 0. The molecule has 0 fully saturated rings. The predicted molar refractivity (Wildman–Crippen MR) is 74.0 cm³/mol. The molecule has 0 saturated heterocycles. The normalized spacial score (nSPS) is 11.4. The SMILES string of the molecule is Cc1cncc(NS(=O)(=O)c2cc(CN)cc(F)c2F)c1. The largest absolute Gasteiger partial charge is 0.326 e. The zero-order valence-corrected chi connectivity index (χ0v) is 11.9. The summed E-state index contributed by atoms with van der Waals surface area (Å²) in [6.45, 7) is 1.62. The van der Waals surface area contributed by atoms with Crippen LogP contribution in [0.3, 0.4) is 0 Å². The summed E-state index contributed by atoms with van der Waals surface area (Å²) in [6.07, 6.45) is 2.80. The number of sulfonamides is 1. The highest BCUT2D eigenvalue weighted by atomic mass is 32.2. The van der Waals surface area contributed by atoms with Gasteiger partial charge in [0.2, 0.25) is 0 Å². The zero-order valence-electron chi connectivity index (χ0n) is 11.1. The molecular weight excluding hydrogens is 300 g/mol. The number of hydrogen-bond acceptors (Lipinski definition) is 4. The van der Waals surface area contributed by atoms with Gasteiger partial charge in [-0.2, -0.15) is 0 Å². The van der Waals surface area contributed by atoms with Crippen molar-refractivity contribution in [3.63, 3.8) is 0 Å². The molecule has 0 atom stereocenters. The molecule has 1 aromatic carbocycles. The molecule has 0 aliphatic carbocycles. The van der Waals surface area contributed by atoms with Crippen LogP contribution in [0.5, 0.6) is 0 Å². The Kier molecular flexibility index (Phi) is 4.19. The maximum absolute atomic E-state index is 13.7. The molecule has 0 radical (unpaired) electrons. The van der Waals surface area contributed by atoms with Gasteiger partial charge >= 0.3 is 0 Å². The molecule has 0 bridgehead atoms. The molecule has 112 valence electrons. The summed E-state index contributed by atoms with van der Waals surface area (Å²) in [6, 6.07) is 3.39. The van der Waals surface area contributed by atoms with E-state index >= 15 is 0 Å². The van der Waals surface area contributed by atoms with E-state index in [0.29, 0.717) is 0 Å². The van der Waals surface area contributed by atoms with Crippen LogP contribution in [-0.2, 0) is 16.6 Å². The van der Waals surface area contributed by atoms with E-state index in [0.717, 1.165) is 17.7 Å². The summed E-state index contributed by atoms with van der Waals surface area (Å²) in [5.74, 6) is -2.71. The Bertz CT molecular complexity index is 779. The number of benzene rings is 1. The van der Waals surface area contributed by atoms with Gasteiger partial charge in [0, 0.05) is 12.7 Å². The topological polar surface area (TPSA) is 85.1 Å². The number of aryl methyl sites for hydroxylation is 1. The molecule has 0 aliphatic heterocycles. The maximum atomic E-state index is 13.7. The summed E-state index contributed by atoms with van der Waals surface area (Å²) in [7, 11) is -4.28. The molecule has 21 heavy (non-hydrogen) atoms. The van der Waals surface area contributed by atoms with Crippen LogP contribution in [0.2, 0.25) is 0 Å². The van der Waals surface area contributed by atoms with Gasteiger partial charge in [-0.15, -0.1) is 0 Å². The van der Waals surface area contributed by atoms with Crippen LogP contribution in [0.25, 0.3) is 0 Å². The van der Waals surface area contributed by atoms with E-state index in [1.807, 2.05) is 0 Å². The molecule has 0 spiro atoms. The van der Waals surface area contributed by atoms with E-state index < -0.39 is 26.6 Å². The van der Waals surface area contributed by atoms with E-state index in [4.69, 9.17) is 5.73 Å². The number of nitrogens with one attached hydrogen (secondary N) is 1. The minimum absolute atomic E-state index is 0.105. The third-order valence-electron chi connectivity index (χ3n) is 2.71. The van der Waals surface area contributed by atoms with Crippen molar-refractivity contribution in [1.82, 2.24) is 4.98 Å². The van der Waals surface area contributed by atoms with Gasteiger partial charge in [0.1, 0.15) is 4.90 Å². The van der Waals surface area contributed by atoms with Crippen LogP contribution < -0.4 is 10.5 Å². The van der Waals surface area contributed by atoms with E-state index in [9.17, 15) is 17.2 Å². The minimum atomic E-state index is -4.28. The number of hydrogen-bond donors (Lipinski definition) is 2. The Hall–Kier alpha value is -2.06. The van der Waals surface area contributed by atoms with Crippen LogP contribution in [0.4, 0.5) is 14.5 Å². The number of pyridine rings is 1. The molecule has 1 aromatic heterocycles. The van der Waals surface area contributed by atoms with Crippen molar-refractivity contribution < 1.29 is 17.2 Å². The summed E-state index contributed by atoms with van der Waals surface area (Å²) in [5, 5.41) is 0. The second-order valence-electron chi connectivity index (χ2n) is 4.45. The van der Waals surface area contributed by atoms with Crippen molar-refractivity contribution in [3.8, 4) is 0 Å². The fraction of sp³-hybridized carbons (Fsp3) is 0.154. The van der Waals surface area contributed by atoms with Gasteiger partial charge in [0.05, 0.1) is 11.9 Å². The molecule has 5 nitrogen and oxygen atoms in total. The average Bonchev–Trinajstić information content (AvgIpc) is 2.41. The monoisotopic (exact) mass is 313 g/mol. The number of nitrogens with two attached hydrogens (primary N) is 1. The molecular formula is C13H13F2N3O2S. The van der Waals surface area contributed by atoms with Crippen LogP contribution in [0.1, 0.15) is 11.1 Å². The van der Waals surface area contributed by atoms with Crippen LogP contribution in [-0.4, -0.2) is 13.4 Å². The first kappa shape index (κ1) is 15.3. The van der Waals surface area contributed by atoms with Gasteiger partial charge < -0.3 is 5.73 Å². The highest BCUT2D eigenvalue weighted by Crippen LogP contribution is 2.22. The van der Waals surface area contributed by atoms with Gasteiger partial charge in [-0.25, -0.2) is 17.2 Å². The van der Waals surface area contributed by atoms with E-state index in [2.05, 4.69) is 9.71 Å². The fourth-order valence-electron chi connectivity index (χ4n) is 1.75. The molecule has 0 unspecified atom stereocenters. The Morgan fingerprint density at radius 3 is 2.57 bits per heavy atom. The summed E-state index contributed by atoms with van der Waals surface area (Å²) in [5.41, 5.74) is 6.40. The molecule has 2 aromatic rings. The Morgan fingerprint density at radius 1 is 1.24 bits per heavy atom. The molecule has 8 heteroatoms. The number of nitrogens with zero attached hydrogens (tertiary/aromatic N) is 1. The maximum Gasteiger partial charge on any atom is 0.264 e. The smallest absolute Gasteiger partial charge is 0.264 e.